The number of carbonyl (C=O) groups excluding carboxylic acids is 1. The van der Waals surface area contributed by atoms with Gasteiger partial charge < -0.3 is 15.2 Å². The molecule has 1 amide bonds. The van der Waals surface area contributed by atoms with E-state index in [4.69, 9.17) is 16.3 Å². The van der Waals surface area contributed by atoms with Crippen molar-refractivity contribution in [3.8, 4) is 11.5 Å². The van der Waals surface area contributed by atoms with Crippen molar-refractivity contribution in [2.45, 2.75) is 6.92 Å². The van der Waals surface area contributed by atoms with Crippen LogP contribution in [-0.4, -0.2) is 29.3 Å². The fourth-order valence-corrected chi connectivity index (χ4v) is 2.27. The Kier molecular flexibility index (Phi) is 5.56. The normalized spacial score (nSPS) is 10.7. The maximum absolute atomic E-state index is 11.1. The van der Waals surface area contributed by atoms with Gasteiger partial charge in [-0.15, -0.1) is 0 Å². The molecule has 9 heteroatoms. The van der Waals surface area contributed by atoms with E-state index in [1.54, 1.807) is 18.2 Å². The Hall–Kier alpha value is -3.13. The number of nitro benzene ring substituents is 1. The van der Waals surface area contributed by atoms with Crippen molar-refractivity contribution >= 4 is 40.8 Å². The van der Waals surface area contributed by atoms with E-state index in [9.17, 15) is 20.0 Å². The van der Waals surface area contributed by atoms with Gasteiger partial charge in [-0.3, -0.25) is 19.9 Å². The second-order valence-corrected chi connectivity index (χ2v) is 5.38. The van der Waals surface area contributed by atoms with E-state index in [0.717, 1.165) is 6.07 Å². The average molecular weight is 364 g/mol. The Labute approximate surface area is 147 Å². The van der Waals surface area contributed by atoms with Crippen molar-refractivity contribution in [2.24, 2.45) is 4.99 Å². The zero-order valence-electron chi connectivity index (χ0n) is 13.3. The van der Waals surface area contributed by atoms with E-state index in [1.807, 2.05) is 0 Å². The van der Waals surface area contributed by atoms with Gasteiger partial charge in [0.15, 0.2) is 0 Å². The highest BCUT2D eigenvalue weighted by molar-refractivity contribution is 6.31. The number of aliphatic imine (C=N–C) groups is 1. The molecule has 0 radical (unpaired) electrons. The number of phenolic OH excluding ortho intramolecular Hbond substituents is 1. The summed E-state index contributed by atoms with van der Waals surface area (Å²) in [4.78, 5) is 25.5. The molecule has 2 aromatic carbocycles. The predicted octanol–water partition coefficient (Wildman–Crippen LogP) is 3.67. The molecule has 0 aromatic heterocycles. The van der Waals surface area contributed by atoms with E-state index in [0.29, 0.717) is 17.1 Å². The molecule has 0 atom stereocenters. The maximum atomic E-state index is 11.1. The fraction of sp³-hybridized carbons (Fsp3) is 0.125. The van der Waals surface area contributed by atoms with Gasteiger partial charge in [-0.05, 0) is 24.3 Å². The van der Waals surface area contributed by atoms with Crippen LogP contribution in [0.15, 0.2) is 35.3 Å². The van der Waals surface area contributed by atoms with Gasteiger partial charge in [0, 0.05) is 35.5 Å². The van der Waals surface area contributed by atoms with Crippen molar-refractivity contribution in [1.29, 1.82) is 0 Å². The van der Waals surface area contributed by atoms with Crippen LogP contribution in [-0.2, 0) is 4.79 Å². The minimum absolute atomic E-state index is 0.0752. The van der Waals surface area contributed by atoms with Crippen molar-refractivity contribution in [2.75, 3.05) is 12.4 Å². The largest absolute Gasteiger partial charge is 0.502 e. The van der Waals surface area contributed by atoms with Gasteiger partial charge in [0.05, 0.1) is 12.0 Å². The van der Waals surface area contributed by atoms with Crippen LogP contribution >= 0.6 is 11.6 Å². The lowest BCUT2D eigenvalue weighted by atomic mass is 10.2. The highest BCUT2D eigenvalue weighted by Gasteiger charge is 2.17. The van der Waals surface area contributed by atoms with Crippen molar-refractivity contribution in [3.05, 3.63) is 51.0 Å². The van der Waals surface area contributed by atoms with Gasteiger partial charge in [0.25, 0.3) is 0 Å². The van der Waals surface area contributed by atoms with Crippen molar-refractivity contribution in [3.63, 3.8) is 0 Å². The number of nitrogens with one attached hydrogen (secondary N) is 1. The number of carbonyl (C=O) groups is 1. The highest BCUT2D eigenvalue weighted by Crippen LogP contribution is 2.34. The number of hydrogen-bond acceptors (Lipinski definition) is 6. The predicted molar refractivity (Wildman–Crippen MR) is 94.3 cm³/mol. The number of rotatable bonds is 5. The molecule has 0 fully saturated rings. The fourth-order valence-electron chi connectivity index (χ4n) is 2.05. The lowest BCUT2D eigenvalue weighted by molar-refractivity contribution is -0.385. The first-order valence-electron chi connectivity index (χ1n) is 6.98. The molecule has 25 heavy (non-hydrogen) atoms. The molecule has 2 N–H and O–H groups in total. The minimum atomic E-state index is -0.740. The Morgan fingerprint density at radius 2 is 2.12 bits per heavy atom. The molecule has 0 aliphatic carbocycles. The second-order valence-electron chi connectivity index (χ2n) is 4.95. The number of aromatic hydroxyl groups is 1. The third kappa shape index (κ3) is 4.45. The van der Waals surface area contributed by atoms with Gasteiger partial charge in [-0.2, -0.15) is 0 Å². The summed E-state index contributed by atoms with van der Waals surface area (Å²) in [6.07, 6.45) is 1.23. The molecule has 130 valence electrons. The van der Waals surface area contributed by atoms with Crippen LogP contribution in [0.4, 0.5) is 17.1 Å². The zero-order valence-corrected chi connectivity index (χ0v) is 14.1. The summed E-state index contributed by atoms with van der Waals surface area (Å²) in [6.45, 7) is 1.37. The van der Waals surface area contributed by atoms with Crippen LogP contribution in [0.2, 0.25) is 5.02 Å². The lowest BCUT2D eigenvalue weighted by Gasteiger charge is -2.08. The monoisotopic (exact) mass is 363 g/mol. The molecular weight excluding hydrogens is 350 g/mol. The van der Waals surface area contributed by atoms with Gasteiger partial charge in [-0.1, -0.05) is 11.6 Å². The van der Waals surface area contributed by atoms with Crippen LogP contribution in [0.25, 0.3) is 0 Å². The van der Waals surface area contributed by atoms with Crippen LogP contribution < -0.4 is 10.1 Å². The Morgan fingerprint density at radius 1 is 1.40 bits per heavy atom. The van der Waals surface area contributed by atoms with Gasteiger partial charge >= 0.3 is 5.69 Å². The van der Waals surface area contributed by atoms with E-state index < -0.39 is 16.4 Å². The van der Waals surface area contributed by atoms with Gasteiger partial charge in [-0.25, -0.2) is 0 Å². The number of anilines is 1. The molecule has 0 aliphatic rings. The summed E-state index contributed by atoms with van der Waals surface area (Å²) in [7, 11) is 1.45. The summed E-state index contributed by atoms with van der Waals surface area (Å²) >= 11 is 5.84. The topological polar surface area (TPSA) is 114 Å². The molecular formula is C16H14ClN3O5. The average Bonchev–Trinajstić information content (AvgIpc) is 2.54. The number of hydrogen-bond donors (Lipinski definition) is 2. The van der Waals surface area contributed by atoms with E-state index in [2.05, 4.69) is 10.3 Å². The Morgan fingerprint density at radius 3 is 2.72 bits per heavy atom. The van der Waals surface area contributed by atoms with Crippen LogP contribution in [0.1, 0.15) is 12.5 Å². The molecule has 2 aromatic rings. The molecule has 2 rings (SSSR count). The molecule has 0 saturated heterocycles. The number of amides is 1. The van der Waals surface area contributed by atoms with Gasteiger partial charge in [0.2, 0.25) is 11.7 Å². The summed E-state index contributed by atoms with van der Waals surface area (Å²) in [5, 5.41) is 23.6. The van der Waals surface area contributed by atoms with Crippen molar-refractivity contribution in [1.82, 2.24) is 0 Å². The zero-order chi connectivity index (χ0) is 18.6. The molecule has 8 nitrogen and oxygen atoms in total. The molecule has 0 spiro atoms. The number of methoxy groups -OCH3 is 1. The first-order chi connectivity index (χ1) is 11.8. The first kappa shape index (κ1) is 18.2. The molecule has 0 heterocycles. The Balaban J connectivity index is 2.45. The Bertz CT molecular complexity index is 867. The molecule has 0 aliphatic heterocycles. The number of phenols is 1. The summed E-state index contributed by atoms with van der Waals surface area (Å²) in [5.74, 6) is -0.375. The SMILES string of the molecule is COc1ccc(NC(C)=O)cc1N=Cc1cc(Cl)cc([N+](=O)[O-])c1O. The van der Waals surface area contributed by atoms with Gasteiger partial charge in [0.1, 0.15) is 11.4 Å². The smallest absolute Gasteiger partial charge is 0.312 e. The van der Waals surface area contributed by atoms with E-state index in [1.165, 1.54) is 26.3 Å². The summed E-state index contributed by atoms with van der Waals surface area (Å²) < 4.78 is 5.19. The van der Waals surface area contributed by atoms with E-state index in [-0.39, 0.29) is 16.5 Å². The van der Waals surface area contributed by atoms with Crippen molar-refractivity contribution < 1.29 is 19.6 Å². The first-order valence-corrected chi connectivity index (χ1v) is 7.36. The highest BCUT2D eigenvalue weighted by atomic mass is 35.5. The summed E-state index contributed by atoms with van der Waals surface area (Å²) in [6, 6.07) is 7.20. The van der Waals surface area contributed by atoms with Crippen LogP contribution in [0, 0.1) is 10.1 Å². The molecule has 0 unspecified atom stereocenters. The number of benzene rings is 2. The minimum Gasteiger partial charge on any atom is -0.502 e. The number of nitro groups is 1. The van der Waals surface area contributed by atoms with Crippen LogP contribution in [0.3, 0.4) is 0 Å². The lowest BCUT2D eigenvalue weighted by Crippen LogP contribution is -2.05. The summed E-state index contributed by atoms with van der Waals surface area (Å²) in [5.41, 5.74) is 0.414. The molecule has 0 saturated carbocycles. The van der Waals surface area contributed by atoms with E-state index >= 15 is 0 Å². The number of nitrogens with zero attached hydrogens (tertiary/aromatic N) is 2. The van der Waals surface area contributed by atoms with Crippen LogP contribution in [0.5, 0.6) is 11.5 Å². The quantitative estimate of drug-likeness (QED) is 0.478. The third-order valence-corrected chi connectivity index (χ3v) is 3.34. The third-order valence-electron chi connectivity index (χ3n) is 3.12. The standard InChI is InChI=1S/C16H14ClN3O5/c1-9(21)19-12-3-4-15(25-2)13(7-12)18-8-10-5-11(17)6-14(16(10)22)20(23)24/h3-8,22H,1-2H3,(H,19,21). The number of ether oxygens (including phenoxy) is 1. The second kappa shape index (κ2) is 7.63. The number of halogens is 1. The maximum Gasteiger partial charge on any atom is 0.312 e. The molecule has 0 bridgehead atoms.